The van der Waals surface area contributed by atoms with Crippen molar-refractivity contribution in [2.24, 2.45) is 13.0 Å². The summed E-state index contributed by atoms with van der Waals surface area (Å²) < 4.78 is 1.82. The van der Waals surface area contributed by atoms with Crippen LogP contribution in [-0.4, -0.2) is 68.6 Å². The van der Waals surface area contributed by atoms with Gasteiger partial charge in [0.15, 0.2) is 0 Å². The highest BCUT2D eigenvalue weighted by atomic mass is 16.2. The predicted molar refractivity (Wildman–Crippen MR) is 163 cm³/mol. The molecule has 2 amide bonds. The fourth-order valence-corrected chi connectivity index (χ4v) is 5.06. The van der Waals surface area contributed by atoms with Crippen molar-refractivity contribution in [3.05, 3.63) is 48.3 Å². The molecule has 2 aromatic heterocycles. The van der Waals surface area contributed by atoms with Crippen molar-refractivity contribution < 1.29 is 9.59 Å². The Kier molecular flexibility index (Phi) is 11.1. The van der Waals surface area contributed by atoms with E-state index in [1.165, 1.54) is 37.4 Å². The van der Waals surface area contributed by atoms with Crippen molar-refractivity contribution in [2.45, 2.75) is 71.8 Å². The van der Waals surface area contributed by atoms with Crippen LogP contribution in [0.25, 0.3) is 10.9 Å². The monoisotopic (exact) mass is 549 g/mol. The molecule has 1 atom stereocenters. The number of amides is 2. The molecule has 218 valence electrons. The highest BCUT2D eigenvalue weighted by Crippen LogP contribution is 2.24. The fourth-order valence-electron chi connectivity index (χ4n) is 5.06. The summed E-state index contributed by atoms with van der Waals surface area (Å²) in [4.78, 5) is 32.3. The Labute approximate surface area is 239 Å². The Morgan fingerprint density at radius 3 is 2.50 bits per heavy atom. The van der Waals surface area contributed by atoms with Crippen molar-refractivity contribution in [3.8, 4) is 0 Å². The molecule has 3 N–H and O–H groups in total. The standard InChI is InChI=1S/C15H22N4O2.C8H8N2.C8H17N/c1-3-11-7-12(8-17-13(11)16)18-14(20)15(21)19-6-4-5-10(2)9-19;1-10-6-7-4-2-3-5-8(7)9-10;1-8(2)6-4-5-7-9(8)3/h7-8,10H,3-6,9H2,1-2H3,(H2,16,17)(H,18,20);2-6H,1H3;4-7H2,1-3H3. The predicted octanol–water partition coefficient (Wildman–Crippen LogP) is 4.88. The number of benzene rings is 1. The van der Waals surface area contributed by atoms with Crippen LogP contribution in [0.5, 0.6) is 0 Å². The van der Waals surface area contributed by atoms with E-state index in [0.717, 1.165) is 30.3 Å². The summed E-state index contributed by atoms with van der Waals surface area (Å²) in [5.41, 5.74) is 8.61. The number of nitrogen functional groups attached to an aromatic ring is 1. The maximum Gasteiger partial charge on any atom is 0.313 e. The van der Waals surface area contributed by atoms with Crippen LogP contribution in [0.3, 0.4) is 0 Å². The lowest BCUT2D eigenvalue weighted by molar-refractivity contribution is -0.144. The number of likely N-dealkylation sites (tertiary alicyclic amines) is 2. The molecule has 1 unspecified atom stereocenters. The lowest BCUT2D eigenvalue weighted by Crippen LogP contribution is -2.44. The lowest BCUT2D eigenvalue weighted by atomic mass is 9.91. The van der Waals surface area contributed by atoms with Gasteiger partial charge < -0.3 is 20.9 Å². The average molecular weight is 550 g/mol. The minimum atomic E-state index is -0.613. The number of aromatic nitrogens is 3. The Balaban J connectivity index is 0.000000191. The van der Waals surface area contributed by atoms with E-state index in [1.54, 1.807) is 11.0 Å². The topological polar surface area (TPSA) is 109 Å². The number of rotatable bonds is 2. The van der Waals surface area contributed by atoms with Crippen molar-refractivity contribution >= 4 is 34.2 Å². The molecule has 2 fully saturated rings. The Morgan fingerprint density at radius 2 is 1.88 bits per heavy atom. The number of fused-ring (bicyclic) bond motifs is 1. The summed E-state index contributed by atoms with van der Waals surface area (Å²) in [5, 5.41) is 8.04. The molecular formula is C31H47N7O2. The fraction of sp³-hybridized carbons (Fsp3) is 0.548. The molecule has 9 heteroatoms. The number of aryl methyl sites for hydroxylation is 2. The number of nitrogens with two attached hydrogens (primary N) is 1. The molecule has 40 heavy (non-hydrogen) atoms. The molecule has 2 aliphatic heterocycles. The first-order chi connectivity index (χ1) is 19.0. The molecule has 4 heterocycles. The second-order valence-corrected chi connectivity index (χ2v) is 11.6. The van der Waals surface area contributed by atoms with Gasteiger partial charge >= 0.3 is 11.8 Å². The zero-order chi connectivity index (χ0) is 29.3. The average Bonchev–Trinajstić information content (AvgIpc) is 3.32. The van der Waals surface area contributed by atoms with Crippen LogP contribution < -0.4 is 11.1 Å². The summed E-state index contributed by atoms with van der Waals surface area (Å²) in [6, 6.07) is 9.84. The number of hydrogen-bond acceptors (Lipinski definition) is 6. The van der Waals surface area contributed by atoms with Gasteiger partial charge in [-0.05, 0) is 83.2 Å². The number of hydrogen-bond donors (Lipinski definition) is 2. The van der Waals surface area contributed by atoms with Gasteiger partial charge in [0.05, 0.1) is 17.4 Å². The molecule has 2 saturated heterocycles. The van der Waals surface area contributed by atoms with Crippen molar-refractivity contribution in [2.75, 3.05) is 37.7 Å². The minimum Gasteiger partial charge on any atom is -0.383 e. The Hall–Kier alpha value is -3.46. The number of piperidine rings is 2. The summed E-state index contributed by atoms with van der Waals surface area (Å²) in [7, 11) is 4.15. The van der Waals surface area contributed by atoms with Crippen LogP contribution in [0.4, 0.5) is 11.5 Å². The van der Waals surface area contributed by atoms with Crippen LogP contribution in [0, 0.1) is 5.92 Å². The smallest absolute Gasteiger partial charge is 0.313 e. The van der Waals surface area contributed by atoms with Crippen molar-refractivity contribution in [1.82, 2.24) is 24.6 Å². The van der Waals surface area contributed by atoms with Crippen molar-refractivity contribution in [3.63, 3.8) is 0 Å². The summed E-state index contributed by atoms with van der Waals surface area (Å²) in [6.07, 6.45) is 10.4. The molecule has 9 nitrogen and oxygen atoms in total. The number of carbonyl (C=O) groups excluding carboxylic acids is 2. The highest BCUT2D eigenvalue weighted by Gasteiger charge is 2.27. The maximum absolute atomic E-state index is 12.1. The van der Waals surface area contributed by atoms with Gasteiger partial charge in [-0.2, -0.15) is 5.10 Å². The van der Waals surface area contributed by atoms with Crippen LogP contribution in [0.1, 0.15) is 65.4 Å². The van der Waals surface area contributed by atoms with Gasteiger partial charge in [0.1, 0.15) is 5.82 Å². The van der Waals surface area contributed by atoms with E-state index in [-0.39, 0.29) is 0 Å². The van der Waals surface area contributed by atoms with Crippen molar-refractivity contribution in [1.29, 1.82) is 0 Å². The van der Waals surface area contributed by atoms with Crippen LogP contribution in [0.2, 0.25) is 0 Å². The molecule has 0 aliphatic carbocycles. The van der Waals surface area contributed by atoms with Gasteiger partial charge in [0, 0.05) is 37.3 Å². The zero-order valence-electron chi connectivity index (χ0n) is 25.1. The van der Waals surface area contributed by atoms with E-state index in [0.29, 0.717) is 36.1 Å². The highest BCUT2D eigenvalue weighted by molar-refractivity contribution is 6.39. The first-order valence-corrected chi connectivity index (χ1v) is 14.4. The molecule has 0 radical (unpaired) electrons. The maximum atomic E-state index is 12.1. The third-order valence-electron chi connectivity index (χ3n) is 7.87. The van der Waals surface area contributed by atoms with E-state index in [4.69, 9.17) is 5.73 Å². The minimum absolute atomic E-state index is 0.445. The molecule has 0 bridgehead atoms. The molecule has 0 spiro atoms. The number of carbonyl (C=O) groups is 2. The number of pyridine rings is 1. The van der Waals surface area contributed by atoms with Gasteiger partial charge in [-0.1, -0.05) is 38.5 Å². The van der Waals surface area contributed by atoms with Gasteiger partial charge in [0.25, 0.3) is 0 Å². The SMILES string of the molecule is CCc1cc(NC(=O)C(=O)N2CCCC(C)C2)cnc1N.CN1CCCCC1(C)C.Cn1cc2ccccc2n1. The van der Waals surface area contributed by atoms with Crippen LogP contribution in [0.15, 0.2) is 42.7 Å². The molecule has 1 aromatic carbocycles. The van der Waals surface area contributed by atoms with Crippen LogP contribution >= 0.6 is 0 Å². The van der Waals surface area contributed by atoms with Gasteiger partial charge in [-0.3, -0.25) is 14.3 Å². The summed E-state index contributed by atoms with van der Waals surface area (Å²) >= 11 is 0. The normalized spacial score (nSPS) is 18.6. The molecule has 3 aromatic rings. The third-order valence-corrected chi connectivity index (χ3v) is 7.87. The quantitative estimate of drug-likeness (QED) is 0.441. The van der Waals surface area contributed by atoms with E-state index < -0.39 is 11.8 Å². The summed E-state index contributed by atoms with van der Waals surface area (Å²) in [6.45, 7) is 11.3. The second-order valence-electron chi connectivity index (χ2n) is 11.6. The zero-order valence-corrected chi connectivity index (χ0v) is 25.1. The molecule has 0 saturated carbocycles. The van der Waals surface area contributed by atoms with E-state index >= 15 is 0 Å². The first-order valence-electron chi connectivity index (χ1n) is 14.4. The van der Waals surface area contributed by atoms with Gasteiger partial charge in [0.2, 0.25) is 0 Å². The number of anilines is 2. The van der Waals surface area contributed by atoms with E-state index in [1.807, 2.05) is 43.0 Å². The largest absolute Gasteiger partial charge is 0.383 e. The van der Waals surface area contributed by atoms with Gasteiger partial charge in [-0.25, -0.2) is 4.98 Å². The van der Waals surface area contributed by atoms with Crippen LogP contribution in [-0.2, 0) is 23.1 Å². The lowest BCUT2D eigenvalue weighted by Gasteiger charge is -2.39. The molecular weight excluding hydrogens is 502 g/mol. The molecule has 5 rings (SSSR count). The van der Waals surface area contributed by atoms with E-state index in [2.05, 4.69) is 54.2 Å². The third kappa shape index (κ3) is 8.78. The van der Waals surface area contributed by atoms with E-state index in [9.17, 15) is 9.59 Å². The molecule has 2 aliphatic rings. The Bertz CT molecular complexity index is 1240. The second kappa shape index (κ2) is 14.3. The Morgan fingerprint density at radius 1 is 1.12 bits per heavy atom. The number of nitrogens with zero attached hydrogens (tertiary/aromatic N) is 5. The first kappa shape index (κ1) is 31.1. The van der Waals surface area contributed by atoms with Gasteiger partial charge in [-0.15, -0.1) is 0 Å². The summed E-state index contributed by atoms with van der Waals surface area (Å²) in [5.74, 6) is -0.193. The number of nitrogens with one attached hydrogen (secondary N) is 1.